The van der Waals surface area contributed by atoms with Crippen molar-refractivity contribution < 1.29 is 4.79 Å². The Labute approximate surface area is 136 Å². The Morgan fingerprint density at radius 3 is 2.57 bits per heavy atom. The lowest BCUT2D eigenvalue weighted by Crippen LogP contribution is -2.37. The molecule has 1 saturated heterocycles. The van der Waals surface area contributed by atoms with Crippen molar-refractivity contribution in [2.45, 2.75) is 32.1 Å². The molecular formula is C17H25BrN2O. The van der Waals surface area contributed by atoms with Gasteiger partial charge < -0.3 is 10.2 Å². The standard InChI is InChI=1S/C17H25BrN2O/c1-13(15-3-5-16(18)6-4-15)11-17(21)20(2)12-14-7-9-19-10-8-14/h3-6,13-14,19H,7-12H2,1-2H3. The number of carbonyl (C=O) groups is 1. The summed E-state index contributed by atoms with van der Waals surface area (Å²) in [5.74, 6) is 1.17. The van der Waals surface area contributed by atoms with Crippen molar-refractivity contribution in [2.75, 3.05) is 26.7 Å². The number of piperidine rings is 1. The predicted molar refractivity (Wildman–Crippen MR) is 90.4 cm³/mol. The second-order valence-corrected chi connectivity index (χ2v) is 7.04. The molecule has 1 fully saturated rings. The Hall–Kier alpha value is -0.870. The van der Waals surface area contributed by atoms with Crippen molar-refractivity contribution in [3.8, 4) is 0 Å². The first kappa shape index (κ1) is 16.5. The number of nitrogens with one attached hydrogen (secondary N) is 1. The highest BCUT2D eigenvalue weighted by molar-refractivity contribution is 9.10. The summed E-state index contributed by atoms with van der Waals surface area (Å²) >= 11 is 3.44. The van der Waals surface area contributed by atoms with Crippen LogP contribution >= 0.6 is 15.9 Å². The molecule has 4 heteroatoms. The fourth-order valence-corrected chi connectivity index (χ4v) is 3.14. The molecule has 2 rings (SSSR count). The number of halogens is 1. The van der Waals surface area contributed by atoms with Crippen molar-refractivity contribution in [1.82, 2.24) is 10.2 Å². The first-order chi connectivity index (χ1) is 10.1. The molecule has 1 aliphatic heterocycles. The number of rotatable bonds is 5. The van der Waals surface area contributed by atoms with Crippen LogP contribution in [0.3, 0.4) is 0 Å². The first-order valence-electron chi connectivity index (χ1n) is 7.76. The van der Waals surface area contributed by atoms with Crippen LogP contribution in [-0.2, 0) is 4.79 Å². The molecule has 0 aliphatic carbocycles. The van der Waals surface area contributed by atoms with Crippen molar-refractivity contribution in [2.24, 2.45) is 5.92 Å². The smallest absolute Gasteiger partial charge is 0.222 e. The monoisotopic (exact) mass is 352 g/mol. The Morgan fingerprint density at radius 1 is 1.33 bits per heavy atom. The van der Waals surface area contributed by atoms with Gasteiger partial charge in [0.15, 0.2) is 0 Å². The van der Waals surface area contributed by atoms with Gasteiger partial charge in [-0.15, -0.1) is 0 Å². The molecule has 0 spiro atoms. The lowest BCUT2D eigenvalue weighted by molar-refractivity contribution is -0.130. The van der Waals surface area contributed by atoms with Crippen molar-refractivity contribution >= 4 is 21.8 Å². The van der Waals surface area contributed by atoms with Crippen LogP contribution in [-0.4, -0.2) is 37.5 Å². The van der Waals surface area contributed by atoms with Crippen LogP contribution < -0.4 is 5.32 Å². The van der Waals surface area contributed by atoms with Gasteiger partial charge in [0.05, 0.1) is 0 Å². The molecule has 0 saturated carbocycles. The van der Waals surface area contributed by atoms with E-state index in [1.807, 2.05) is 24.1 Å². The van der Waals surface area contributed by atoms with E-state index in [-0.39, 0.29) is 11.8 Å². The minimum Gasteiger partial charge on any atom is -0.345 e. The molecule has 1 aliphatic rings. The molecule has 1 unspecified atom stereocenters. The lowest BCUT2D eigenvalue weighted by Gasteiger charge is -2.28. The van der Waals surface area contributed by atoms with Gasteiger partial charge >= 0.3 is 0 Å². The van der Waals surface area contributed by atoms with Crippen molar-refractivity contribution in [1.29, 1.82) is 0 Å². The number of nitrogens with zero attached hydrogens (tertiary/aromatic N) is 1. The van der Waals surface area contributed by atoms with E-state index in [0.717, 1.165) is 24.1 Å². The van der Waals surface area contributed by atoms with E-state index in [1.54, 1.807) is 0 Å². The quantitative estimate of drug-likeness (QED) is 0.880. The fourth-order valence-electron chi connectivity index (χ4n) is 2.88. The third kappa shape index (κ3) is 5.11. The molecule has 3 nitrogen and oxygen atoms in total. The molecule has 1 aromatic rings. The minimum absolute atomic E-state index is 0.254. The molecule has 1 N–H and O–H groups in total. The Bertz CT molecular complexity index is 454. The molecular weight excluding hydrogens is 328 g/mol. The maximum Gasteiger partial charge on any atom is 0.222 e. The van der Waals surface area contributed by atoms with Gasteiger partial charge in [-0.05, 0) is 55.5 Å². The fraction of sp³-hybridized carbons (Fsp3) is 0.588. The van der Waals surface area contributed by atoms with E-state index in [4.69, 9.17) is 0 Å². The number of benzene rings is 1. The third-order valence-electron chi connectivity index (χ3n) is 4.34. The van der Waals surface area contributed by atoms with Gasteiger partial charge in [-0.25, -0.2) is 0 Å². The van der Waals surface area contributed by atoms with Crippen molar-refractivity contribution in [3.05, 3.63) is 34.3 Å². The number of carbonyl (C=O) groups excluding carboxylic acids is 1. The van der Waals surface area contributed by atoms with Crippen LogP contribution in [0.25, 0.3) is 0 Å². The van der Waals surface area contributed by atoms with Gasteiger partial charge in [0, 0.05) is 24.5 Å². The van der Waals surface area contributed by atoms with Gasteiger partial charge in [-0.2, -0.15) is 0 Å². The zero-order chi connectivity index (χ0) is 15.2. The van der Waals surface area contributed by atoms with Gasteiger partial charge in [0.25, 0.3) is 0 Å². The summed E-state index contributed by atoms with van der Waals surface area (Å²) < 4.78 is 1.08. The van der Waals surface area contributed by atoms with E-state index in [1.165, 1.54) is 18.4 Å². The second-order valence-electron chi connectivity index (χ2n) is 6.12. The predicted octanol–water partition coefficient (Wildman–Crippen LogP) is 3.40. The van der Waals surface area contributed by atoms with E-state index in [0.29, 0.717) is 12.3 Å². The van der Waals surface area contributed by atoms with Crippen LogP contribution in [0.5, 0.6) is 0 Å². The van der Waals surface area contributed by atoms with Crippen LogP contribution in [0.4, 0.5) is 0 Å². The summed E-state index contributed by atoms with van der Waals surface area (Å²) in [6.45, 7) is 5.19. The Kier molecular flexibility index (Phi) is 6.24. The molecule has 0 aromatic heterocycles. The SMILES string of the molecule is CC(CC(=O)N(C)CC1CCNCC1)c1ccc(Br)cc1. The minimum atomic E-state index is 0.254. The summed E-state index contributed by atoms with van der Waals surface area (Å²) in [6, 6.07) is 8.26. The Morgan fingerprint density at radius 2 is 1.95 bits per heavy atom. The summed E-state index contributed by atoms with van der Waals surface area (Å²) in [4.78, 5) is 14.3. The number of amides is 1. The zero-order valence-electron chi connectivity index (χ0n) is 12.9. The molecule has 1 heterocycles. The van der Waals surface area contributed by atoms with E-state index in [2.05, 4.69) is 40.3 Å². The summed E-state index contributed by atoms with van der Waals surface area (Å²) in [7, 11) is 1.94. The molecule has 21 heavy (non-hydrogen) atoms. The summed E-state index contributed by atoms with van der Waals surface area (Å²) in [5.41, 5.74) is 1.22. The van der Waals surface area contributed by atoms with Crippen LogP contribution in [0.15, 0.2) is 28.7 Å². The van der Waals surface area contributed by atoms with E-state index in [9.17, 15) is 4.79 Å². The van der Waals surface area contributed by atoms with E-state index >= 15 is 0 Å². The molecule has 0 bridgehead atoms. The second kappa shape index (κ2) is 7.95. The van der Waals surface area contributed by atoms with Gasteiger partial charge in [-0.1, -0.05) is 35.0 Å². The van der Waals surface area contributed by atoms with Crippen LogP contribution in [0, 0.1) is 5.92 Å². The third-order valence-corrected chi connectivity index (χ3v) is 4.87. The van der Waals surface area contributed by atoms with Gasteiger partial charge in [0.1, 0.15) is 0 Å². The molecule has 0 radical (unpaired) electrons. The maximum atomic E-state index is 12.4. The average Bonchev–Trinajstić information content (AvgIpc) is 2.48. The maximum absolute atomic E-state index is 12.4. The van der Waals surface area contributed by atoms with Gasteiger partial charge in [0.2, 0.25) is 5.91 Å². The van der Waals surface area contributed by atoms with Crippen LogP contribution in [0.1, 0.15) is 37.7 Å². The highest BCUT2D eigenvalue weighted by atomic mass is 79.9. The first-order valence-corrected chi connectivity index (χ1v) is 8.55. The zero-order valence-corrected chi connectivity index (χ0v) is 14.5. The average molecular weight is 353 g/mol. The highest BCUT2D eigenvalue weighted by Gasteiger charge is 2.19. The molecule has 1 atom stereocenters. The number of hydrogen-bond donors (Lipinski definition) is 1. The molecule has 1 amide bonds. The molecule has 116 valence electrons. The largest absolute Gasteiger partial charge is 0.345 e. The topological polar surface area (TPSA) is 32.3 Å². The van der Waals surface area contributed by atoms with E-state index < -0.39 is 0 Å². The number of hydrogen-bond acceptors (Lipinski definition) is 2. The highest BCUT2D eigenvalue weighted by Crippen LogP contribution is 2.22. The Balaban J connectivity index is 1.83. The summed E-state index contributed by atoms with van der Waals surface area (Å²) in [6.07, 6.45) is 2.95. The molecule has 1 aromatic carbocycles. The normalized spacial score (nSPS) is 17.5. The van der Waals surface area contributed by atoms with Crippen LogP contribution in [0.2, 0.25) is 0 Å². The van der Waals surface area contributed by atoms with Crippen molar-refractivity contribution in [3.63, 3.8) is 0 Å². The lowest BCUT2D eigenvalue weighted by atomic mass is 9.95. The summed E-state index contributed by atoms with van der Waals surface area (Å²) in [5, 5.41) is 3.37. The van der Waals surface area contributed by atoms with Gasteiger partial charge in [-0.3, -0.25) is 4.79 Å².